The number of benzene rings is 3. The molecule has 3 aromatic carbocycles. The van der Waals surface area contributed by atoms with Crippen molar-refractivity contribution in [3.8, 4) is 5.75 Å². The zero-order valence-electron chi connectivity index (χ0n) is 22.7. The Morgan fingerprint density at radius 2 is 1.28 bits per heavy atom. The second-order valence-electron chi connectivity index (χ2n) is 10.3. The Labute approximate surface area is 219 Å². The Morgan fingerprint density at radius 1 is 0.778 bits per heavy atom. The molecule has 0 aliphatic carbocycles. The lowest BCUT2D eigenvalue weighted by Crippen LogP contribution is -2.44. The predicted octanol–water partition coefficient (Wildman–Crippen LogP) is 7.54. The fourth-order valence-electron chi connectivity index (χ4n) is 4.10. The largest absolute Gasteiger partial charge is 0.493 e. The summed E-state index contributed by atoms with van der Waals surface area (Å²) in [5, 5.41) is 4.22. The molecule has 0 bridgehead atoms. The number of carbonyl (C=O) groups is 1. The summed E-state index contributed by atoms with van der Waals surface area (Å²) in [4.78, 5) is 14.0. The van der Waals surface area contributed by atoms with Crippen LogP contribution in [0.15, 0.2) is 90.1 Å². The van der Waals surface area contributed by atoms with Crippen LogP contribution in [0.4, 0.5) is 0 Å². The molecule has 3 nitrogen and oxygen atoms in total. The van der Waals surface area contributed by atoms with Crippen LogP contribution in [0.25, 0.3) is 5.31 Å². The van der Waals surface area contributed by atoms with E-state index in [9.17, 15) is 4.79 Å². The summed E-state index contributed by atoms with van der Waals surface area (Å²) in [6, 6.07) is 29.3. The van der Waals surface area contributed by atoms with Gasteiger partial charge >= 0.3 is 5.97 Å². The molecule has 5 heteroatoms. The maximum absolute atomic E-state index is 14.0. The molecule has 0 aliphatic rings. The van der Waals surface area contributed by atoms with E-state index in [1.807, 2.05) is 44.2 Å². The van der Waals surface area contributed by atoms with Crippen LogP contribution in [-0.2, 0) is 9.53 Å². The topological polar surface area (TPSA) is 35.5 Å². The van der Waals surface area contributed by atoms with Crippen LogP contribution >= 0.6 is 7.92 Å². The van der Waals surface area contributed by atoms with Crippen molar-refractivity contribution in [3.63, 3.8) is 0 Å². The van der Waals surface area contributed by atoms with Gasteiger partial charge in [-0.1, -0.05) is 113 Å². The summed E-state index contributed by atoms with van der Waals surface area (Å²) in [6.07, 6.45) is 0. The van der Waals surface area contributed by atoms with Gasteiger partial charge in [-0.05, 0) is 43.5 Å². The standard InChI is InChI=1S/C31H39O3PSi/c1-8-33-27-23-17-16-22-26(27)28(29(30(32)34-9-2)36(6,7)31(3,4)5)35(24-18-12-10-13-19-24)25-20-14-11-15-21-25/h10-23H,8-9H2,1-7H3/b29-28-. The first-order valence-electron chi connectivity index (χ1n) is 12.7. The molecule has 3 aromatic rings. The van der Waals surface area contributed by atoms with Crippen LogP contribution in [0.3, 0.4) is 0 Å². The normalized spacial score (nSPS) is 12.8. The van der Waals surface area contributed by atoms with Crippen molar-refractivity contribution in [2.75, 3.05) is 13.2 Å². The van der Waals surface area contributed by atoms with Gasteiger partial charge in [0.05, 0.1) is 21.3 Å². The number of ether oxygens (including phenoxy) is 2. The zero-order chi connectivity index (χ0) is 26.3. The number of carbonyl (C=O) groups excluding carboxylic acids is 1. The molecule has 0 spiro atoms. The van der Waals surface area contributed by atoms with Gasteiger partial charge in [-0.3, -0.25) is 0 Å². The Hall–Kier alpha value is -2.68. The number of para-hydroxylation sites is 1. The summed E-state index contributed by atoms with van der Waals surface area (Å²) in [5.41, 5.74) is 0.978. The van der Waals surface area contributed by atoms with Gasteiger partial charge in [0, 0.05) is 16.1 Å². The van der Waals surface area contributed by atoms with Crippen LogP contribution in [-0.4, -0.2) is 27.3 Å². The van der Waals surface area contributed by atoms with Crippen LogP contribution in [0.5, 0.6) is 5.75 Å². The average Bonchev–Trinajstić information content (AvgIpc) is 2.85. The molecule has 0 amide bonds. The molecule has 0 aliphatic heterocycles. The lowest BCUT2D eigenvalue weighted by molar-refractivity contribution is -0.137. The van der Waals surface area contributed by atoms with Gasteiger partial charge in [0.2, 0.25) is 0 Å². The van der Waals surface area contributed by atoms with Crippen LogP contribution < -0.4 is 15.3 Å². The Morgan fingerprint density at radius 3 is 1.75 bits per heavy atom. The molecule has 0 atom stereocenters. The fraction of sp³-hybridized carbons (Fsp3) is 0.323. The number of rotatable bonds is 9. The lowest BCUT2D eigenvalue weighted by atomic mass is 10.2. The first-order valence-corrected chi connectivity index (χ1v) is 17.0. The van der Waals surface area contributed by atoms with Gasteiger partial charge in [0.25, 0.3) is 0 Å². The van der Waals surface area contributed by atoms with Crippen molar-refractivity contribution in [3.05, 3.63) is 95.7 Å². The smallest absolute Gasteiger partial charge is 0.330 e. The molecule has 0 radical (unpaired) electrons. The maximum atomic E-state index is 14.0. The SMILES string of the molecule is CCOC(=O)/C(=C(\c1ccccc1OCC)P(c1ccccc1)c1ccccc1)[Si](C)(C)C(C)(C)C. The van der Waals surface area contributed by atoms with E-state index >= 15 is 0 Å². The second-order valence-corrected chi connectivity index (χ2v) is 17.7. The molecule has 0 fully saturated rings. The molecular formula is C31H39O3PSi. The van der Waals surface area contributed by atoms with E-state index in [1.54, 1.807) is 0 Å². The molecule has 190 valence electrons. The minimum atomic E-state index is -2.39. The minimum Gasteiger partial charge on any atom is -0.493 e. The third kappa shape index (κ3) is 5.99. The summed E-state index contributed by atoms with van der Waals surface area (Å²) in [6.45, 7) is 16.1. The Kier molecular flexibility index (Phi) is 9.33. The van der Waals surface area contributed by atoms with Crippen molar-refractivity contribution < 1.29 is 14.3 Å². The Bertz CT molecular complexity index is 1140. The quantitative estimate of drug-likeness (QED) is 0.127. The zero-order valence-corrected chi connectivity index (χ0v) is 24.6. The summed E-state index contributed by atoms with van der Waals surface area (Å²) < 4.78 is 12.0. The van der Waals surface area contributed by atoms with E-state index < -0.39 is 16.0 Å². The van der Waals surface area contributed by atoms with Gasteiger partial charge in [0.15, 0.2) is 0 Å². The highest BCUT2D eigenvalue weighted by molar-refractivity contribution is 7.82. The summed E-state index contributed by atoms with van der Waals surface area (Å²) >= 11 is 0. The highest BCUT2D eigenvalue weighted by atomic mass is 31.1. The van der Waals surface area contributed by atoms with E-state index in [-0.39, 0.29) is 11.0 Å². The van der Waals surface area contributed by atoms with E-state index in [0.29, 0.717) is 13.2 Å². The fourth-order valence-corrected chi connectivity index (χ4v) is 9.83. The molecule has 0 heterocycles. The molecule has 0 saturated heterocycles. The van der Waals surface area contributed by atoms with E-state index in [1.165, 1.54) is 10.6 Å². The van der Waals surface area contributed by atoms with Crippen LogP contribution in [0.1, 0.15) is 40.2 Å². The molecule has 0 N–H and O–H groups in total. The molecular weight excluding hydrogens is 479 g/mol. The number of esters is 1. The molecule has 0 unspecified atom stereocenters. The van der Waals surface area contributed by atoms with Gasteiger partial charge in [-0.2, -0.15) is 0 Å². The van der Waals surface area contributed by atoms with Crippen LogP contribution in [0, 0.1) is 0 Å². The van der Waals surface area contributed by atoms with E-state index in [0.717, 1.165) is 21.8 Å². The predicted molar refractivity (Wildman–Crippen MR) is 157 cm³/mol. The molecule has 36 heavy (non-hydrogen) atoms. The minimum absolute atomic E-state index is 0.0741. The summed E-state index contributed by atoms with van der Waals surface area (Å²) in [5.74, 6) is 0.597. The molecule has 0 saturated carbocycles. The lowest BCUT2D eigenvalue weighted by Gasteiger charge is -2.40. The highest BCUT2D eigenvalue weighted by Crippen LogP contribution is 2.56. The van der Waals surface area contributed by atoms with Crippen molar-refractivity contribution >= 4 is 37.9 Å². The highest BCUT2D eigenvalue weighted by Gasteiger charge is 2.46. The van der Waals surface area contributed by atoms with E-state index in [4.69, 9.17) is 9.47 Å². The average molecular weight is 519 g/mol. The first kappa shape index (κ1) is 27.9. The van der Waals surface area contributed by atoms with Gasteiger partial charge in [-0.25, -0.2) is 4.79 Å². The number of hydrogen-bond acceptors (Lipinski definition) is 3. The second kappa shape index (κ2) is 12.0. The molecule has 0 aromatic heterocycles. The van der Waals surface area contributed by atoms with Crippen molar-refractivity contribution in [2.45, 2.75) is 52.8 Å². The van der Waals surface area contributed by atoms with Crippen molar-refractivity contribution in [2.24, 2.45) is 0 Å². The van der Waals surface area contributed by atoms with Gasteiger partial charge in [0.1, 0.15) is 5.75 Å². The number of hydrogen-bond donors (Lipinski definition) is 0. The third-order valence-corrected chi connectivity index (χ3v) is 15.1. The van der Waals surface area contributed by atoms with Crippen molar-refractivity contribution in [1.82, 2.24) is 0 Å². The third-order valence-electron chi connectivity index (χ3n) is 6.91. The van der Waals surface area contributed by atoms with Crippen molar-refractivity contribution in [1.29, 1.82) is 0 Å². The summed E-state index contributed by atoms with van der Waals surface area (Å²) in [7, 11) is -3.47. The van der Waals surface area contributed by atoms with Gasteiger partial charge in [-0.15, -0.1) is 0 Å². The molecule has 3 rings (SSSR count). The Balaban J connectivity index is 2.56. The van der Waals surface area contributed by atoms with Gasteiger partial charge < -0.3 is 9.47 Å². The van der Waals surface area contributed by atoms with Crippen LogP contribution in [0.2, 0.25) is 18.1 Å². The maximum Gasteiger partial charge on any atom is 0.330 e. The van der Waals surface area contributed by atoms with E-state index in [2.05, 4.69) is 88.5 Å². The monoisotopic (exact) mass is 518 g/mol. The first-order chi connectivity index (χ1) is 17.1.